The van der Waals surface area contributed by atoms with Crippen LogP contribution in [0.3, 0.4) is 0 Å². The zero-order valence-electron chi connectivity index (χ0n) is 14.9. The average Bonchev–Trinajstić information content (AvgIpc) is 2.69. The summed E-state index contributed by atoms with van der Waals surface area (Å²) in [6.07, 6.45) is 0. The van der Waals surface area contributed by atoms with Crippen LogP contribution in [0, 0.1) is 0 Å². The second-order valence-electron chi connectivity index (χ2n) is 5.60. The van der Waals surface area contributed by atoms with Crippen LogP contribution in [-0.2, 0) is 4.74 Å². The lowest BCUT2D eigenvalue weighted by molar-refractivity contribution is 0.210. The first-order chi connectivity index (χ1) is 12.8. The quantitative estimate of drug-likeness (QED) is 0.600. The molecule has 6 heteroatoms. The van der Waals surface area contributed by atoms with Gasteiger partial charge in [-0.3, -0.25) is 0 Å². The van der Waals surface area contributed by atoms with Gasteiger partial charge in [0.15, 0.2) is 0 Å². The molecular formula is C20H22N4O2. The zero-order chi connectivity index (χ0) is 18.2. The molecule has 3 aromatic rings. The van der Waals surface area contributed by atoms with E-state index < -0.39 is 0 Å². The minimum Gasteiger partial charge on any atom is -0.497 e. The van der Waals surface area contributed by atoms with E-state index in [2.05, 4.69) is 20.6 Å². The van der Waals surface area contributed by atoms with Gasteiger partial charge in [0, 0.05) is 37.0 Å². The Kier molecular flexibility index (Phi) is 6.01. The van der Waals surface area contributed by atoms with E-state index in [0.717, 1.165) is 22.7 Å². The SMILES string of the molecule is COCCNc1nc(Nc2cccc(OC)c2)cc(-c2ccccc2)n1. The van der Waals surface area contributed by atoms with Crippen LogP contribution < -0.4 is 15.4 Å². The highest BCUT2D eigenvalue weighted by Gasteiger charge is 2.07. The number of methoxy groups -OCH3 is 2. The standard InChI is InChI=1S/C20H22N4O2/c1-25-12-11-21-20-23-18(15-7-4-3-5-8-15)14-19(24-20)22-16-9-6-10-17(13-16)26-2/h3-10,13-14H,11-12H2,1-2H3,(H2,21,22,23,24). The Hall–Kier alpha value is -3.12. The van der Waals surface area contributed by atoms with Gasteiger partial charge in [-0.2, -0.15) is 4.98 Å². The van der Waals surface area contributed by atoms with Crippen molar-refractivity contribution in [2.45, 2.75) is 0 Å². The third-order valence-corrected chi connectivity index (χ3v) is 3.73. The lowest BCUT2D eigenvalue weighted by atomic mass is 10.1. The van der Waals surface area contributed by atoms with Crippen molar-refractivity contribution in [1.82, 2.24) is 9.97 Å². The maximum Gasteiger partial charge on any atom is 0.225 e. The van der Waals surface area contributed by atoms with Crippen LogP contribution in [0.1, 0.15) is 0 Å². The van der Waals surface area contributed by atoms with Crippen molar-refractivity contribution in [3.8, 4) is 17.0 Å². The molecule has 0 unspecified atom stereocenters. The number of benzene rings is 2. The van der Waals surface area contributed by atoms with Crippen molar-refractivity contribution in [3.63, 3.8) is 0 Å². The molecule has 26 heavy (non-hydrogen) atoms. The van der Waals surface area contributed by atoms with Gasteiger partial charge in [-0.1, -0.05) is 36.4 Å². The predicted molar refractivity (Wildman–Crippen MR) is 104 cm³/mol. The Labute approximate surface area is 153 Å². The van der Waals surface area contributed by atoms with E-state index in [0.29, 0.717) is 24.9 Å². The topological polar surface area (TPSA) is 68.3 Å². The van der Waals surface area contributed by atoms with Crippen molar-refractivity contribution in [2.75, 3.05) is 38.0 Å². The highest BCUT2D eigenvalue weighted by molar-refractivity contribution is 5.67. The summed E-state index contributed by atoms with van der Waals surface area (Å²) in [7, 11) is 3.31. The first-order valence-electron chi connectivity index (χ1n) is 8.37. The maximum absolute atomic E-state index is 5.28. The van der Waals surface area contributed by atoms with Crippen LogP contribution in [-0.4, -0.2) is 37.3 Å². The molecular weight excluding hydrogens is 328 g/mol. The summed E-state index contributed by atoms with van der Waals surface area (Å²) in [5.41, 5.74) is 2.76. The highest BCUT2D eigenvalue weighted by Crippen LogP contribution is 2.25. The second-order valence-corrected chi connectivity index (χ2v) is 5.60. The number of hydrogen-bond acceptors (Lipinski definition) is 6. The number of rotatable bonds is 8. The Morgan fingerprint density at radius 3 is 2.54 bits per heavy atom. The first kappa shape index (κ1) is 17.7. The van der Waals surface area contributed by atoms with Crippen molar-refractivity contribution in [3.05, 3.63) is 60.7 Å². The third-order valence-electron chi connectivity index (χ3n) is 3.73. The molecule has 0 saturated carbocycles. The van der Waals surface area contributed by atoms with Gasteiger partial charge in [0.05, 0.1) is 19.4 Å². The minimum atomic E-state index is 0.550. The zero-order valence-corrected chi connectivity index (χ0v) is 14.9. The monoisotopic (exact) mass is 350 g/mol. The van der Waals surface area contributed by atoms with E-state index >= 15 is 0 Å². The minimum absolute atomic E-state index is 0.550. The van der Waals surface area contributed by atoms with Crippen LogP contribution in [0.15, 0.2) is 60.7 Å². The summed E-state index contributed by atoms with van der Waals surface area (Å²) in [5.74, 6) is 2.03. The second kappa shape index (κ2) is 8.82. The van der Waals surface area contributed by atoms with Crippen LogP contribution >= 0.6 is 0 Å². The lowest BCUT2D eigenvalue weighted by Crippen LogP contribution is -2.11. The van der Waals surface area contributed by atoms with Crippen molar-refractivity contribution >= 4 is 17.5 Å². The van der Waals surface area contributed by atoms with Gasteiger partial charge in [0.1, 0.15) is 11.6 Å². The summed E-state index contributed by atoms with van der Waals surface area (Å²) in [6.45, 7) is 1.21. The number of nitrogens with zero attached hydrogens (tertiary/aromatic N) is 2. The molecule has 0 amide bonds. The Balaban J connectivity index is 1.90. The van der Waals surface area contributed by atoms with Gasteiger partial charge in [-0.15, -0.1) is 0 Å². The van der Waals surface area contributed by atoms with E-state index in [9.17, 15) is 0 Å². The van der Waals surface area contributed by atoms with Crippen LogP contribution in [0.5, 0.6) is 5.75 Å². The van der Waals surface area contributed by atoms with Crippen LogP contribution in [0.2, 0.25) is 0 Å². The van der Waals surface area contributed by atoms with Crippen molar-refractivity contribution < 1.29 is 9.47 Å². The fraction of sp³-hybridized carbons (Fsp3) is 0.200. The molecule has 3 rings (SSSR count). The van der Waals surface area contributed by atoms with E-state index in [1.165, 1.54) is 0 Å². The molecule has 1 heterocycles. The molecule has 6 nitrogen and oxygen atoms in total. The molecule has 0 atom stereocenters. The Morgan fingerprint density at radius 1 is 0.923 bits per heavy atom. The molecule has 0 aliphatic carbocycles. The molecule has 2 aromatic carbocycles. The molecule has 1 aromatic heterocycles. The fourth-order valence-corrected chi connectivity index (χ4v) is 2.46. The Bertz CT molecular complexity index is 840. The maximum atomic E-state index is 5.28. The summed E-state index contributed by atoms with van der Waals surface area (Å²) in [5, 5.41) is 6.51. The van der Waals surface area contributed by atoms with Gasteiger partial charge in [-0.05, 0) is 12.1 Å². The lowest BCUT2D eigenvalue weighted by Gasteiger charge is -2.12. The largest absolute Gasteiger partial charge is 0.497 e. The Morgan fingerprint density at radius 2 is 1.77 bits per heavy atom. The highest BCUT2D eigenvalue weighted by atomic mass is 16.5. The van der Waals surface area contributed by atoms with E-state index in [4.69, 9.17) is 9.47 Å². The van der Waals surface area contributed by atoms with Gasteiger partial charge >= 0.3 is 0 Å². The van der Waals surface area contributed by atoms with Crippen molar-refractivity contribution in [2.24, 2.45) is 0 Å². The van der Waals surface area contributed by atoms with Gasteiger partial charge < -0.3 is 20.1 Å². The molecule has 0 radical (unpaired) electrons. The number of aromatic nitrogens is 2. The summed E-state index contributed by atoms with van der Waals surface area (Å²) < 4.78 is 10.4. The van der Waals surface area contributed by atoms with Crippen molar-refractivity contribution in [1.29, 1.82) is 0 Å². The smallest absolute Gasteiger partial charge is 0.225 e. The number of hydrogen-bond donors (Lipinski definition) is 2. The molecule has 2 N–H and O–H groups in total. The van der Waals surface area contributed by atoms with Crippen LogP contribution in [0.25, 0.3) is 11.3 Å². The van der Waals surface area contributed by atoms with E-state index in [1.54, 1.807) is 14.2 Å². The normalized spacial score (nSPS) is 10.4. The molecule has 0 aliphatic rings. The number of nitrogens with one attached hydrogen (secondary N) is 2. The average molecular weight is 350 g/mol. The molecule has 0 saturated heterocycles. The van der Waals surface area contributed by atoms with Gasteiger partial charge in [0.2, 0.25) is 5.95 Å². The predicted octanol–water partition coefficient (Wildman–Crippen LogP) is 3.95. The molecule has 0 bridgehead atoms. The molecule has 0 spiro atoms. The first-order valence-corrected chi connectivity index (χ1v) is 8.37. The third kappa shape index (κ3) is 4.70. The fourth-order valence-electron chi connectivity index (χ4n) is 2.46. The molecule has 0 aliphatic heterocycles. The van der Waals surface area contributed by atoms with Gasteiger partial charge in [0.25, 0.3) is 0 Å². The molecule has 0 fully saturated rings. The number of ether oxygens (including phenoxy) is 2. The van der Waals surface area contributed by atoms with Crippen LogP contribution in [0.4, 0.5) is 17.5 Å². The van der Waals surface area contributed by atoms with Gasteiger partial charge in [-0.25, -0.2) is 4.98 Å². The summed E-state index contributed by atoms with van der Waals surface area (Å²) >= 11 is 0. The summed E-state index contributed by atoms with van der Waals surface area (Å²) in [6, 6.07) is 19.7. The molecule has 134 valence electrons. The van der Waals surface area contributed by atoms with E-state index in [-0.39, 0.29) is 0 Å². The van der Waals surface area contributed by atoms with E-state index in [1.807, 2.05) is 60.7 Å². The number of anilines is 3. The summed E-state index contributed by atoms with van der Waals surface area (Å²) in [4.78, 5) is 9.16.